The van der Waals surface area contributed by atoms with Crippen LogP contribution in [0.25, 0.3) is 0 Å². The van der Waals surface area contributed by atoms with Crippen molar-refractivity contribution >= 4 is 34.8 Å². The summed E-state index contributed by atoms with van der Waals surface area (Å²) in [6.45, 7) is 6.25. The van der Waals surface area contributed by atoms with Crippen molar-refractivity contribution in [2.75, 3.05) is 36.4 Å². The molecule has 6 heteroatoms. The molecule has 26 heavy (non-hydrogen) atoms. The van der Waals surface area contributed by atoms with E-state index in [4.69, 9.17) is 11.6 Å². The fourth-order valence-corrected chi connectivity index (χ4v) is 3.14. The Morgan fingerprint density at radius 2 is 1.77 bits per heavy atom. The van der Waals surface area contributed by atoms with Gasteiger partial charge in [-0.3, -0.25) is 4.79 Å². The van der Waals surface area contributed by atoms with Crippen molar-refractivity contribution in [3.63, 3.8) is 0 Å². The third-order valence-corrected chi connectivity index (χ3v) is 5.02. The van der Waals surface area contributed by atoms with Gasteiger partial charge in [0, 0.05) is 48.1 Å². The molecule has 0 saturated carbocycles. The van der Waals surface area contributed by atoms with Gasteiger partial charge >= 0.3 is 6.03 Å². The number of rotatable bonds is 3. The summed E-state index contributed by atoms with van der Waals surface area (Å²) in [5.41, 5.74) is 3.36. The number of anilines is 2. The van der Waals surface area contributed by atoms with Gasteiger partial charge in [0.05, 0.1) is 0 Å². The molecule has 0 spiro atoms. The van der Waals surface area contributed by atoms with Gasteiger partial charge in [-0.05, 0) is 43.7 Å². The maximum atomic E-state index is 12.5. The molecule has 2 aromatic carbocycles. The van der Waals surface area contributed by atoms with Crippen molar-refractivity contribution in [1.82, 2.24) is 4.90 Å². The summed E-state index contributed by atoms with van der Waals surface area (Å²) < 4.78 is 0. The highest BCUT2D eigenvalue weighted by Gasteiger charge is 2.21. The minimum absolute atomic E-state index is 0.0218. The van der Waals surface area contributed by atoms with Crippen molar-refractivity contribution in [2.45, 2.75) is 13.8 Å². The molecule has 1 heterocycles. The number of aryl methyl sites for hydroxylation is 1. The molecule has 0 bridgehead atoms. The second kappa shape index (κ2) is 7.79. The molecule has 136 valence electrons. The van der Waals surface area contributed by atoms with Crippen LogP contribution in [0, 0.1) is 6.92 Å². The highest BCUT2D eigenvalue weighted by molar-refractivity contribution is 6.31. The molecule has 0 aromatic heterocycles. The molecular weight excluding hydrogens is 350 g/mol. The van der Waals surface area contributed by atoms with Crippen LogP contribution in [-0.4, -0.2) is 42.9 Å². The largest absolute Gasteiger partial charge is 0.368 e. The molecule has 1 aliphatic rings. The first-order valence-corrected chi connectivity index (χ1v) is 9.00. The van der Waals surface area contributed by atoms with E-state index >= 15 is 0 Å². The second-order valence-corrected chi connectivity index (χ2v) is 6.88. The van der Waals surface area contributed by atoms with Crippen molar-refractivity contribution in [3.8, 4) is 0 Å². The maximum absolute atomic E-state index is 12.5. The maximum Gasteiger partial charge on any atom is 0.321 e. The van der Waals surface area contributed by atoms with Crippen LogP contribution in [0.2, 0.25) is 5.02 Å². The van der Waals surface area contributed by atoms with Crippen LogP contribution in [0.15, 0.2) is 42.5 Å². The van der Waals surface area contributed by atoms with Crippen LogP contribution in [0.1, 0.15) is 22.8 Å². The number of benzene rings is 2. The lowest BCUT2D eigenvalue weighted by molar-refractivity contribution is 0.101. The highest BCUT2D eigenvalue weighted by Crippen LogP contribution is 2.24. The summed E-state index contributed by atoms with van der Waals surface area (Å²) in [6.07, 6.45) is 0. The summed E-state index contributed by atoms with van der Waals surface area (Å²) >= 11 is 6.21. The fraction of sp³-hybridized carbons (Fsp3) is 0.300. The van der Waals surface area contributed by atoms with Crippen LogP contribution in [0.4, 0.5) is 16.2 Å². The number of urea groups is 1. The number of piperazine rings is 1. The molecule has 3 rings (SSSR count). The average Bonchev–Trinajstić information content (AvgIpc) is 2.64. The van der Waals surface area contributed by atoms with E-state index in [1.54, 1.807) is 29.2 Å². The number of nitrogens with zero attached hydrogens (tertiary/aromatic N) is 2. The normalized spacial score (nSPS) is 14.3. The van der Waals surface area contributed by atoms with Crippen molar-refractivity contribution in [2.24, 2.45) is 0 Å². The lowest BCUT2D eigenvalue weighted by atomic mass is 10.1. The molecule has 0 radical (unpaired) electrons. The molecule has 0 aliphatic carbocycles. The Bertz CT molecular complexity index is 830. The smallest absolute Gasteiger partial charge is 0.321 e. The van der Waals surface area contributed by atoms with E-state index in [1.807, 2.05) is 19.1 Å². The first-order chi connectivity index (χ1) is 12.4. The Balaban J connectivity index is 1.59. The summed E-state index contributed by atoms with van der Waals surface area (Å²) in [4.78, 5) is 28.0. The van der Waals surface area contributed by atoms with Gasteiger partial charge in [-0.2, -0.15) is 0 Å². The predicted octanol–water partition coefficient (Wildman–Crippen LogP) is 4.21. The zero-order valence-corrected chi connectivity index (χ0v) is 15.7. The summed E-state index contributed by atoms with van der Waals surface area (Å²) in [7, 11) is 0. The van der Waals surface area contributed by atoms with Gasteiger partial charge in [0.2, 0.25) is 0 Å². The molecule has 2 amide bonds. The standard InChI is InChI=1S/C20H22ClN3O2/c1-14-6-7-18(13-19(14)21)23-8-10-24(11-9-23)20(26)22-17-5-3-4-16(12-17)15(2)25/h3-7,12-13H,8-11H2,1-2H3,(H,22,26). The number of hydrogen-bond acceptors (Lipinski definition) is 3. The van der Waals surface area contributed by atoms with E-state index in [-0.39, 0.29) is 11.8 Å². The molecule has 0 unspecified atom stereocenters. The molecule has 1 N–H and O–H groups in total. The monoisotopic (exact) mass is 371 g/mol. The van der Waals surface area contributed by atoms with Crippen LogP contribution in [0.3, 0.4) is 0 Å². The minimum Gasteiger partial charge on any atom is -0.368 e. The number of carbonyl (C=O) groups is 2. The summed E-state index contributed by atoms with van der Waals surface area (Å²) in [5.74, 6) is -0.0218. The van der Waals surface area contributed by atoms with E-state index in [0.717, 1.165) is 29.4 Å². The Labute approximate surface area is 158 Å². The molecule has 2 aromatic rings. The minimum atomic E-state index is -0.146. The average molecular weight is 372 g/mol. The third kappa shape index (κ3) is 4.17. The Kier molecular flexibility index (Phi) is 5.47. The quantitative estimate of drug-likeness (QED) is 0.822. The molecule has 5 nitrogen and oxygen atoms in total. The number of Topliss-reactive ketones (excluding diaryl/α,β-unsaturated/α-hetero) is 1. The number of amides is 2. The van der Waals surface area contributed by atoms with Gasteiger partial charge in [0.25, 0.3) is 0 Å². The van der Waals surface area contributed by atoms with Gasteiger partial charge in [0.1, 0.15) is 0 Å². The second-order valence-electron chi connectivity index (χ2n) is 6.47. The van der Waals surface area contributed by atoms with E-state index in [9.17, 15) is 9.59 Å². The fourth-order valence-electron chi connectivity index (χ4n) is 2.96. The van der Waals surface area contributed by atoms with E-state index < -0.39 is 0 Å². The topological polar surface area (TPSA) is 52.7 Å². The Morgan fingerprint density at radius 1 is 1.04 bits per heavy atom. The number of hydrogen-bond donors (Lipinski definition) is 1. The van der Waals surface area contributed by atoms with Crippen molar-refractivity contribution in [3.05, 3.63) is 58.6 Å². The molecular formula is C20H22ClN3O2. The van der Waals surface area contributed by atoms with Gasteiger partial charge in [-0.1, -0.05) is 29.8 Å². The SMILES string of the molecule is CC(=O)c1cccc(NC(=O)N2CCN(c3ccc(C)c(Cl)c3)CC2)c1. The third-order valence-electron chi connectivity index (χ3n) is 4.61. The van der Waals surface area contributed by atoms with Gasteiger partial charge in [0.15, 0.2) is 5.78 Å². The van der Waals surface area contributed by atoms with Crippen LogP contribution in [-0.2, 0) is 0 Å². The van der Waals surface area contributed by atoms with Gasteiger partial charge in [-0.15, -0.1) is 0 Å². The Morgan fingerprint density at radius 3 is 2.42 bits per heavy atom. The van der Waals surface area contributed by atoms with Crippen LogP contribution < -0.4 is 10.2 Å². The zero-order valence-electron chi connectivity index (χ0n) is 15.0. The van der Waals surface area contributed by atoms with E-state index in [2.05, 4.69) is 16.3 Å². The van der Waals surface area contributed by atoms with Gasteiger partial charge < -0.3 is 15.1 Å². The molecule has 1 saturated heterocycles. The lowest BCUT2D eigenvalue weighted by Gasteiger charge is -2.36. The number of nitrogens with one attached hydrogen (secondary N) is 1. The number of carbonyl (C=O) groups excluding carboxylic acids is 2. The first-order valence-electron chi connectivity index (χ1n) is 8.62. The Hall–Kier alpha value is -2.53. The van der Waals surface area contributed by atoms with Crippen molar-refractivity contribution in [1.29, 1.82) is 0 Å². The zero-order chi connectivity index (χ0) is 18.7. The van der Waals surface area contributed by atoms with Crippen molar-refractivity contribution < 1.29 is 9.59 Å². The van der Waals surface area contributed by atoms with E-state index in [1.165, 1.54) is 6.92 Å². The molecule has 0 atom stereocenters. The van der Waals surface area contributed by atoms with Crippen LogP contribution in [0.5, 0.6) is 0 Å². The van der Waals surface area contributed by atoms with Crippen LogP contribution >= 0.6 is 11.6 Å². The number of ketones is 1. The highest BCUT2D eigenvalue weighted by atomic mass is 35.5. The summed E-state index contributed by atoms with van der Waals surface area (Å²) in [6, 6.07) is 12.9. The predicted molar refractivity (Wildman–Crippen MR) is 105 cm³/mol. The summed E-state index contributed by atoms with van der Waals surface area (Å²) in [5, 5.41) is 3.63. The lowest BCUT2D eigenvalue weighted by Crippen LogP contribution is -2.50. The first kappa shape index (κ1) is 18.3. The van der Waals surface area contributed by atoms with Gasteiger partial charge in [-0.25, -0.2) is 4.79 Å². The molecule has 1 aliphatic heterocycles. The molecule has 1 fully saturated rings. The van der Waals surface area contributed by atoms with E-state index in [0.29, 0.717) is 24.3 Å². The number of halogens is 1.